The third kappa shape index (κ3) is 3.76. The Bertz CT molecular complexity index is 817. The molecule has 0 amide bonds. The van der Waals surface area contributed by atoms with Gasteiger partial charge in [0.05, 0.1) is 41.2 Å². The van der Waals surface area contributed by atoms with Crippen molar-refractivity contribution in [3.05, 3.63) is 35.4 Å². The van der Waals surface area contributed by atoms with Gasteiger partial charge in [0, 0.05) is 10.5 Å². The number of ether oxygens (including phenoxy) is 5. The Morgan fingerprint density at radius 2 is 1.11 bits per heavy atom. The lowest BCUT2D eigenvalue weighted by Gasteiger charge is -2.18. The molecule has 1 aliphatic heterocycles. The third-order valence-electron chi connectivity index (χ3n) is 4.98. The smallest absolute Gasteiger partial charge is 0.203 e. The fraction of sp³-hybridized carbons (Fsp3) is 0.429. The summed E-state index contributed by atoms with van der Waals surface area (Å²) in [5.74, 6) is 3.21. The lowest BCUT2D eigenvalue weighted by atomic mass is 10.0. The molecule has 0 radical (unpaired) electrons. The molecule has 2 aromatic rings. The van der Waals surface area contributed by atoms with Crippen molar-refractivity contribution in [3.63, 3.8) is 0 Å². The van der Waals surface area contributed by atoms with Crippen molar-refractivity contribution < 1.29 is 23.7 Å². The standard InChI is InChI=1S/C21H27NO5S/c1-23-15-9-12(8-14(22)20(15)26-4)18-6-7-19(28-18)13-10-16(24-2)21(27-5)17(11-13)25-3/h8-11,18-19H,6-7,22H2,1-5H3. The summed E-state index contributed by atoms with van der Waals surface area (Å²) >= 11 is 1.91. The van der Waals surface area contributed by atoms with Gasteiger partial charge in [-0.25, -0.2) is 0 Å². The first-order valence-corrected chi connectivity index (χ1v) is 9.97. The van der Waals surface area contributed by atoms with Crippen molar-refractivity contribution in [2.45, 2.75) is 23.3 Å². The highest BCUT2D eigenvalue weighted by Gasteiger charge is 2.30. The highest BCUT2D eigenvalue weighted by molar-refractivity contribution is 8.00. The number of methoxy groups -OCH3 is 5. The molecule has 0 bridgehead atoms. The zero-order valence-corrected chi connectivity index (χ0v) is 17.7. The van der Waals surface area contributed by atoms with E-state index in [4.69, 9.17) is 29.4 Å². The third-order valence-corrected chi connectivity index (χ3v) is 6.65. The van der Waals surface area contributed by atoms with E-state index in [0.29, 0.717) is 44.9 Å². The summed E-state index contributed by atoms with van der Waals surface area (Å²) in [5.41, 5.74) is 9.07. The van der Waals surface area contributed by atoms with Gasteiger partial charge in [-0.2, -0.15) is 0 Å². The predicted octanol–water partition coefficient (Wildman–Crippen LogP) is 4.62. The average Bonchev–Trinajstić information content (AvgIpc) is 3.22. The Morgan fingerprint density at radius 3 is 1.54 bits per heavy atom. The maximum Gasteiger partial charge on any atom is 0.203 e. The fourth-order valence-electron chi connectivity index (χ4n) is 3.62. The summed E-state index contributed by atoms with van der Waals surface area (Å²) < 4.78 is 27.2. The minimum Gasteiger partial charge on any atom is -0.493 e. The molecule has 2 N–H and O–H groups in total. The Balaban J connectivity index is 1.87. The molecule has 6 nitrogen and oxygen atoms in total. The molecule has 0 spiro atoms. The maximum atomic E-state index is 6.17. The lowest BCUT2D eigenvalue weighted by Crippen LogP contribution is -2.00. The van der Waals surface area contributed by atoms with Crippen LogP contribution < -0.4 is 29.4 Å². The monoisotopic (exact) mass is 405 g/mol. The van der Waals surface area contributed by atoms with Crippen LogP contribution >= 0.6 is 11.8 Å². The van der Waals surface area contributed by atoms with E-state index < -0.39 is 0 Å². The van der Waals surface area contributed by atoms with E-state index in [9.17, 15) is 0 Å². The van der Waals surface area contributed by atoms with Gasteiger partial charge in [-0.05, 0) is 48.2 Å². The first-order chi connectivity index (χ1) is 13.6. The van der Waals surface area contributed by atoms with Gasteiger partial charge < -0.3 is 29.4 Å². The van der Waals surface area contributed by atoms with E-state index in [1.165, 1.54) is 0 Å². The van der Waals surface area contributed by atoms with Gasteiger partial charge in [0.1, 0.15) is 0 Å². The van der Waals surface area contributed by atoms with Crippen LogP contribution in [0.15, 0.2) is 24.3 Å². The molecule has 1 aliphatic rings. The molecule has 0 saturated carbocycles. The quantitative estimate of drug-likeness (QED) is 0.674. The number of hydrogen-bond donors (Lipinski definition) is 1. The molecule has 1 fully saturated rings. The van der Waals surface area contributed by atoms with Gasteiger partial charge in [0.15, 0.2) is 23.0 Å². The van der Waals surface area contributed by atoms with Gasteiger partial charge in [-0.3, -0.25) is 0 Å². The van der Waals surface area contributed by atoms with Crippen molar-refractivity contribution in [2.75, 3.05) is 41.3 Å². The topological polar surface area (TPSA) is 72.2 Å². The van der Waals surface area contributed by atoms with Crippen molar-refractivity contribution in [2.24, 2.45) is 0 Å². The summed E-state index contributed by atoms with van der Waals surface area (Å²) in [6.07, 6.45) is 2.09. The van der Waals surface area contributed by atoms with E-state index in [0.717, 1.165) is 24.0 Å². The largest absolute Gasteiger partial charge is 0.493 e. The molecule has 1 saturated heterocycles. The van der Waals surface area contributed by atoms with Crippen molar-refractivity contribution in [1.82, 2.24) is 0 Å². The number of nitrogen functional groups attached to an aromatic ring is 1. The Kier molecular flexibility index (Phi) is 6.34. The van der Waals surface area contributed by atoms with Crippen molar-refractivity contribution in [3.8, 4) is 28.7 Å². The Labute approximate surface area is 170 Å². The summed E-state index contributed by atoms with van der Waals surface area (Å²) in [5, 5.41) is 0.652. The zero-order chi connectivity index (χ0) is 20.3. The lowest BCUT2D eigenvalue weighted by molar-refractivity contribution is 0.323. The molecular formula is C21H27NO5S. The second kappa shape index (κ2) is 8.73. The number of benzene rings is 2. The van der Waals surface area contributed by atoms with Crippen LogP contribution in [-0.2, 0) is 0 Å². The molecule has 2 atom stereocenters. The van der Waals surface area contributed by atoms with Crippen LogP contribution in [0.25, 0.3) is 0 Å². The second-order valence-electron chi connectivity index (χ2n) is 6.50. The first kappa shape index (κ1) is 20.3. The van der Waals surface area contributed by atoms with E-state index in [-0.39, 0.29) is 0 Å². The molecular weight excluding hydrogens is 378 g/mol. The summed E-state index contributed by atoms with van der Waals surface area (Å²) in [6, 6.07) is 8.07. The van der Waals surface area contributed by atoms with Crippen molar-refractivity contribution in [1.29, 1.82) is 0 Å². The van der Waals surface area contributed by atoms with Crippen LogP contribution in [-0.4, -0.2) is 35.5 Å². The Hall–Kier alpha value is -2.41. The first-order valence-electron chi connectivity index (χ1n) is 9.03. The molecule has 28 heavy (non-hydrogen) atoms. The highest BCUT2D eigenvalue weighted by atomic mass is 32.2. The van der Waals surface area contributed by atoms with Gasteiger partial charge in [0.25, 0.3) is 0 Å². The SMILES string of the molecule is COc1cc(C2CCC(c3cc(OC)c(OC)c(OC)c3)S2)cc(N)c1OC. The summed E-state index contributed by atoms with van der Waals surface area (Å²) in [4.78, 5) is 0. The number of nitrogens with two attached hydrogens (primary N) is 1. The van der Waals surface area contributed by atoms with Crippen LogP contribution in [0.4, 0.5) is 5.69 Å². The molecule has 0 aliphatic carbocycles. The van der Waals surface area contributed by atoms with Gasteiger partial charge in [0.2, 0.25) is 5.75 Å². The normalized spacial score (nSPS) is 18.6. The molecule has 3 rings (SSSR count). The average molecular weight is 406 g/mol. The zero-order valence-electron chi connectivity index (χ0n) is 16.9. The van der Waals surface area contributed by atoms with Crippen LogP contribution in [0.1, 0.15) is 34.5 Å². The van der Waals surface area contributed by atoms with Crippen LogP contribution in [0.2, 0.25) is 0 Å². The molecule has 7 heteroatoms. The molecule has 1 heterocycles. The van der Waals surface area contributed by atoms with Gasteiger partial charge in [-0.15, -0.1) is 11.8 Å². The van der Waals surface area contributed by atoms with Crippen molar-refractivity contribution >= 4 is 17.4 Å². The maximum absolute atomic E-state index is 6.17. The molecule has 0 aromatic heterocycles. The molecule has 2 unspecified atom stereocenters. The number of rotatable bonds is 7. The molecule has 2 aromatic carbocycles. The van der Waals surface area contributed by atoms with Crippen LogP contribution in [0, 0.1) is 0 Å². The van der Waals surface area contributed by atoms with E-state index in [2.05, 4.69) is 0 Å². The second-order valence-corrected chi connectivity index (χ2v) is 7.91. The highest BCUT2D eigenvalue weighted by Crippen LogP contribution is 2.55. The summed E-state index contributed by atoms with van der Waals surface area (Å²) in [7, 11) is 8.11. The molecule has 152 valence electrons. The van der Waals surface area contributed by atoms with E-state index in [1.54, 1.807) is 35.5 Å². The van der Waals surface area contributed by atoms with Crippen LogP contribution in [0.3, 0.4) is 0 Å². The predicted molar refractivity (Wildman–Crippen MR) is 112 cm³/mol. The number of hydrogen-bond acceptors (Lipinski definition) is 7. The minimum atomic E-state index is 0.325. The number of anilines is 1. The summed E-state index contributed by atoms with van der Waals surface area (Å²) in [6.45, 7) is 0. The van der Waals surface area contributed by atoms with E-state index in [1.807, 2.05) is 36.0 Å². The van der Waals surface area contributed by atoms with Crippen LogP contribution in [0.5, 0.6) is 28.7 Å². The van der Waals surface area contributed by atoms with Gasteiger partial charge >= 0.3 is 0 Å². The Morgan fingerprint density at radius 1 is 0.679 bits per heavy atom. The minimum absolute atomic E-state index is 0.325. The van der Waals surface area contributed by atoms with E-state index >= 15 is 0 Å². The van der Waals surface area contributed by atoms with Gasteiger partial charge in [-0.1, -0.05) is 0 Å². The number of thioether (sulfide) groups is 1. The fourth-order valence-corrected chi connectivity index (χ4v) is 5.14.